The number of benzene rings is 1. The van der Waals surface area contributed by atoms with Gasteiger partial charge in [0.15, 0.2) is 0 Å². The molecule has 1 aliphatic rings. The third-order valence-corrected chi connectivity index (χ3v) is 3.86. The molecule has 0 radical (unpaired) electrons. The summed E-state index contributed by atoms with van der Waals surface area (Å²) in [6, 6.07) is 4.62. The van der Waals surface area contributed by atoms with E-state index in [2.05, 4.69) is 24.5 Å². The summed E-state index contributed by atoms with van der Waals surface area (Å²) in [5.41, 5.74) is 1.05. The van der Waals surface area contributed by atoms with E-state index in [0.717, 1.165) is 19.5 Å². The van der Waals surface area contributed by atoms with E-state index in [4.69, 9.17) is 0 Å². The van der Waals surface area contributed by atoms with Crippen LogP contribution >= 0.6 is 0 Å². The summed E-state index contributed by atoms with van der Waals surface area (Å²) >= 11 is 0. The highest BCUT2D eigenvalue weighted by molar-refractivity contribution is 5.94. The van der Waals surface area contributed by atoms with E-state index in [1.165, 1.54) is 12.1 Å². The average molecular weight is 264 g/mol. The summed E-state index contributed by atoms with van der Waals surface area (Å²) in [5.74, 6) is -0.401. The minimum Gasteiger partial charge on any atom is -0.349 e. The normalized spacial score (nSPS) is 22.0. The fourth-order valence-electron chi connectivity index (χ4n) is 2.47. The molecule has 104 valence electrons. The van der Waals surface area contributed by atoms with Gasteiger partial charge in [-0.1, -0.05) is 13.8 Å². The van der Waals surface area contributed by atoms with Crippen molar-refractivity contribution in [2.24, 2.45) is 5.41 Å². The maximum absolute atomic E-state index is 13.2. The second-order valence-corrected chi connectivity index (χ2v) is 5.94. The molecule has 3 nitrogen and oxygen atoms in total. The summed E-state index contributed by atoms with van der Waals surface area (Å²) < 4.78 is 13.2. The summed E-state index contributed by atoms with van der Waals surface area (Å²) in [6.07, 6.45) is 0.916. The lowest BCUT2D eigenvalue weighted by molar-refractivity contribution is 0.0868. The van der Waals surface area contributed by atoms with Crippen LogP contribution < -0.4 is 10.6 Å². The fraction of sp³-hybridized carbons (Fsp3) is 0.533. The predicted molar refractivity (Wildman–Crippen MR) is 73.7 cm³/mol. The van der Waals surface area contributed by atoms with Crippen LogP contribution in [0, 0.1) is 18.2 Å². The number of hydrogen-bond donors (Lipinski definition) is 2. The minimum absolute atomic E-state index is 0.0307. The molecule has 0 aliphatic carbocycles. The smallest absolute Gasteiger partial charge is 0.251 e. The zero-order valence-electron chi connectivity index (χ0n) is 11.7. The fourth-order valence-corrected chi connectivity index (χ4v) is 2.47. The van der Waals surface area contributed by atoms with E-state index in [9.17, 15) is 9.18 Å². The molecule has 1 unspecified atom stereocenters. The summed E-state index contributed by atoms with van der Waals surface area (Å²) in [5, 5.41) is 6.40. The first-order chi connectivity index (χ1) is 8.90. The van der Waals surface area contributed by atoms with Gasteiger partial charge in [-0.25, -0.2) is 4.39 Å². The van der Waals surface area contributed by atoms with Gasteiger partial charge in [-0.15, -0.1) is 0 Å². The van der Waals surface area contributed by atoms with Gasteiger partial charge in [0.1, 0.15) is 5.82 Å². The molecule has 2 N–H and O–H groups in total. The van der Waals surface area contributed by atoms with Gasteiger partial charge in [-0.3, -0.25) is 4.79 Å². The van der Waals surface area contributed by atoms with Gasteiger partial charge in [-0.05, 0) is 49.1 Å². The largest absolute Gasteiger partial charge is 0.349 e. The zero-order chi connectivity index (χ0) is 14.0. The molecule has 0 bridgehead atoms. The Labute approximate surface area is 113 Å². The van der Waals surface area contributed by atoms with Gasteiger partial charge in [-0.2, -0.15) is 0 Å². The number of aryl methyl sites for hydroxylation is 1. The van der Waals surface area contributed by atoms with E-state index >= 15 is 0 Å². The molecule has 1 fully saturated rings. The highest BCUT2D eigenvalue weighted by Crippen LogP contribution is 2.25. The van der Waals surface area contributed by atoms with Crippen molar-refractivity contribution in [3.63, 3.8) is 0 Å². The molecule has 4 heteroatoms. The van der Waals surface area contributed by atoms with Crippen LogP contribution in [0.15, 0.2) is 18.2 Å². The van der Waals surface area contributed by atoms with E-state index in [-0.39, 0.29) is 23.2 Å². The first-order valence-electron chi connectivity index (χ1n) is 6.68. The van der Waals surface area contributed by atoms with E-state index in [1.54, 1.807) is 13.0 Å². The molecule has 1 saturated heterocycles. The molecule has 1 aromatic rings. The van der Waals surface area contributed by atoms with Crippen LogP contribution in [0.2, 0.25) is 0 Å². The number of rotatable bonds is 2. The highest BCUT2D eigenvalue weighted by Gasteiger charge is 2.33. The molecule has 1 amide bonds. The Morgan fingerprint density at radius 1 is 1.47 bits per heavy atom. The number of nitrogens with one attached hydrogen (secondary N) is 2. The van der Waals surface area contributed by atoms with Gasteiger partial charge in [0.25, 0.3) is 5.91 Å². The summed E-state index contributed by atoms with van der Waals surface area (Å²) in [4.78, 5) is 12.2. The second-order valence-electron chi connectivity index (χ2n) is 5.94. The Bertz CT molecular complexity index is 485. The number of hydrogen-bond acceptors (Lipinski definition) is 2. The first kappa shape index (κ1) is 14.0. The third kappa shape index (κ3) is 3.13. The van der Waals surface area contributed by atoms with Crippen LogP contribution in [-0.4, -0.2) is 25.0 Å². The lowest BCUT2D eigenvalue weighted by atomic mass is 9.80. The molecule has 1 heterocycles. The highest BCUT2D eigenvalue weighted by atomic mass is 19.1. The first-order valence-corrected chi connectivity index (χ1v) is 6.68. The van der Waals surface area contributed by atoms with Crippen molar-refractivity contribution < 1.29 is 9.18 Å². The SMILES string of the molecule is Cc1cc(C(=O)NC2CCNCC2(C)C)ccc1F. The van der Waals surface area contributed by atoms with Crippen LogP contribution in [0.1, 0.15) is 36.2 Å². The number of amides is 1. The molecule has 0 saturated carbocycles. The van der Waals surface area contributed by atoms with Gasteiger partial charge in [0.2, 0.25) is 0 Å². The quantitative estimate of drug-likeness (QED) is 0.860. The van der Waals surface area contributed by atoms with E-state index in [0.29, 0.717) is 11.1 Å². The number of halogens is 1. The maximum atomic E-state index is 13.2. The van der Waals surface area contributed by atoms with Crippen LogP contribution in [0.5, 0.6) is 0 Å². The van der Waals surface area contributed by atoms with Crippen molar-refractivity contribution >= 4 is 5.91 Å². The lowest BCUT2D eigenvalue weighted by Gasteiger charge is -2.39. The Kier molecular flexibility index (Phi) is 3.90. The Morgan fingerprint density at radius 2 is 2.21 bits per heavy atom. The molecule has 1 atom stereocenters. The zero-order valence-corrected chi connectivity index (χ0v) is 11.7. The van der Waals surface area contributed by atoms with Crippen molar-refractivity contribution in [1.29, 1.82) is 0 Å². The van der Waals surface area contributed by atoms with Crippen LogP contribution in [0.3, 0.4) is 0 Å². The van der Waals surface area contributed by atoms with Gasteiger partial charge in [0, 0.05) is 18.2 Å². The topological polar surface area (TPSA) is 41.1 Å². The van der Waals surface area contributed by atoms with Crippen LogP contribution in [-0.2, 0) is 0 Å². The van der Waals surface area contributed by atoms with Crippen LogP contribution in [0.25, 0.3) is 0 Å². The van der Waals surface area contributed by atoms with Crippen molar-refractivity contribution in [2.45, 2.75) is 33.2 Å². The van der Waals surface area contributed by atoms with Crippen LogP contribution in [0.4, 0.5) is 4.39 Å². The van der Waals surface area contributed by atoms with Crippen molar-refractivity contribution in [1.82, 2.24) is 10.6 Å². The molecule has 0 aromatic heterocycles. The Morgan fingerprint density at radius 3 is 2.84 bits per heavy atom. The number of carbonyl (C=O) groups excluding carboxylic acids is 1. The van der Waals surface area contributed by atoms with Gasteiger partial charge >= 0.3 is 0 Å². The van der Waals surface area contributed by atoms with E-state index < -0.39 is 0 Å². The molecule has 2 rings (SSSR count). The average Bonchev–Trinajstić information content (AvgIpc) is 2.35. The van der Waals surface area contributed by atoms with E-state index in [1.807, 2.05) is 0 Å². The molecule has 0 spiro atoms. The van der Waals surface area contributed by atoms with Crippen molar-refractivity contribution in [3.8, 4) is 0 Å². The standard InChI is InChI=1S/C15H21FN2O/c1-10-8-11(4-5-12(10)16)14(19)18-13-6-7-17-9-15(13,2)3/h4-5,8,13,17H,6-7,9H2,1-3H3,(H,18,19). The lowest BCUT2D eigenvalue weighted by Crippen LogP contribution is -2.54. The molecular weight excluding hydrogens is 243 g/mol. The monoisotopic (exact) mass is 264 g/mol. The second kappa shape index (κ2) is 5.29. The maximum Gasteiger partial charge on any atom is 0.251 e. The summed E-state index contributed by atoms with van der Waals surface area (Å²) in [6.45, 7) is 7.75. The molecule has 1 aromatic carbocycles. The third-order valence-electron chi connectivity index (χ3n) is 3.86. The summed E-state index contributed by atoms with van der Waals surface area (Å²) in [7, 11) is 0. The minimum atomic E-state index is -0.279. The molecular formula is C15H21FN2O. The predicted octanol–water partition coefficient (Wildman–Crippen LogP) is 2.25. The number of carbonyl (C=O) groups is 1. The molecule has 1 aliphatic heterocycles. The van der Waals surface area contributed by atoms with Crippen molar-refractivity contribution in [3.05, 3.63) is 35.1 Å². The van der Waals surface area contributed by atoms with Gasteiger partial charge in [0.05, 0.1) is 0 Å². The molecule has 19 heavy (non-hydrogen) atoms. The van der Waals surface area contributed by atoms with Gasteiger partial charge < -0.3 is 10.6 Å². The number of piperidine rings is 1. The van der Waals surface area contributed by atoms with Crippen molar-refractivity contribution in [2.75, 3.05) is 13.1 Å². The Hall–Kier alpha value is -1.42. The Balaban J connectivity index is 2.10.